The highest BCUT2D eigenvalue weighted by molar-refractivity contribution is 6.30. The highest BCUT2D eigenvalue weighted by Gasteiger charge is 2.04. The number of urea groups is 1. The van der Waals surface area contributed by atoms with Crippen molar-refractivity contribution in [2.45, 2.75) is 20.0 Å². The number of carbonyl (C=O) groups excluding carboxylic acids is 2. The Kier molecular flexibility index (Phi) is 8.07. The number of halogens is 1. The molecule has 0 heterocycles. The first-order chi connectivity index (χ1) is 8.85. The summed E-state index contributed by atoms with van der Waals surface area (Å²) < 4.78 is 4.90. The number of hydroxylamine groups is 1. The van der Waals surface area contributed by atoms with Gasteiger partial charge in [0.05, 0.1) is 6.10 Å². The van der Waals surface area contributed by atoms with Gasteiger partial charge in [0.25, 0.3) is 0 Å². The molecule has 5 N–H and O–H groups in total. The summed E-state index contributed by atoms with van der Waals surface area (Å²) in [5.74, 6) is 0. The van der Waals surface area contributed by atoms with Crippen LogP contribution >= 0.6 is 11.6 Å². The summed E-state index contributed by atoms with van der Waals surface area (Å²) in [7, 11) is 0. The van der Waals surface area contributed by atoms with Crippen LogP contribution in [-0.2, 0) is 4.74 Å². The summed E-state index contributed by atoms with van der Waals surface area (Å²) in [4.78, 5) is 20.4. The Hall–Kier alpha value is -1.99. The number of hydrogen-bond donors (Lipinski definition) is 4. The summed E-state index contributed by atoms with van der Waals surface area (Å²) in [6.07, 6.45) is -0.601. The summed E-state index contributed by atoms with van der Waals surface area (Å²) in [6, 6.07) is 5.95. The van der Waals surface area contributed by atoms with E-state index in [1.807, 2.05) is 0 Å². The van der Waals surface area contributed by atoms with Crippen LogP contribution in [0.1, 0.15) is 13.8 Å². The molecule has 0 aromatic heterocycles. The van der Waals surface area contributed by atoms with E-state index >= 15 is 0 Å². The van der Waals surface area contributed by atoms with Gasteiger partial charge in [0.2, 0.25) is 0 Å². The molecule has 3 amide bonds. The third-order valence-electron chi connectivity index (χ3n) is 1.52. The van der Waals surface area contributed by atoms with Crippen molar-refractivity contribution in [1.29, 1.82) is 0 Å². The van der Waals surface area contributed by atoms with Gasteiger partial charge in [0, 0.05) is 10.7 Å². The standard InChI is InChI=1S/C10H12ClNO2.CH4N2O2/c1-7(2)14-10(13)12-9-5-3-4-8(11)6-9;2-1(4)3-5/h3-7H,1-2H3,(H,12,13);5H,(H3,2,3,4). The average molecular weight is 290 g/mol. The summed E-state index contributed by atoms with van der Waals surface area (Å²) in [6.45, 7) is 3.58. The van der Waals surface area contributed by atoms with E-state index in [4.69, 9.17) is 21.5 Å². The Bertz CT molecular complexity index is 426. The first-order valence-electron chi connectivity index (χ1n) is 5.28. The second-order valence-electron chi connectivity index (χ2n) is 3.57. The largest absolute Gasteiger partial charge is 0.447 e. The van der Waals surface area contributed by atoms with E-state index in [2.05, 4.69) is 11.1 Å². The number of rotatable bonds is 2. The summed E-state index contributed by atoms with van der Waals surface area (Å²) >= 11 is 5.74. The van der Waals surface area contributed by atoms with Gasteiger partial charge in [0.1, 0.15) is 0 Å². The lowest BCUT2D eigenvalue weighted by atomic mass is 10.3. The Morgan fingerprint density at radius 1 is 1.42 bits per heavy atom. The van der Waals surface area contributed by atoms with Crippen LogP contribution in [0.3, 0.4) is 0 Å². The SMILES string of the molecule is CC(C)OC(=O)Nc1cccc(Cl)c1.NC(=O)NO. The molecule has 0 aliphatic rings. The maximum atomic E-state index is 11.2. The van der Waals surface area contributed by atoms with Crippen LogP contribution in [0.2, 0.25) is 5.02 Å². The fourth-order valence-corrected chi connectivity index (χ4v) is 1.12. The van der Waals surface area contributed by atoms with Crippen LogP contribution in [0.25, 0.3) is 0 Å². The third kappa shape index (κ3) is 9.69. The number of carbonyl (C=O) groups is 2. The van der Waals surface area contributed by atoms with Crippen molar-refractivity contribution in [3.63, 3.8) is 0 Å². The molecule has 0 fully saturated rings. The zero-order chi connectivity index (χ0) is 14.8. The third-order valence-corrected chi connectivity index (χ3v) is 1.76. The van der Waals surface area contributed by atoms with Gasteiger partial charge in [-0.05, 0) is 32.0 Å². The first-order valence-corrected chi connectivity index (χ1v) is 5.65. The molecule has 0 saturated heterocycles. The number of anilines is 1. The maximum absolute atomic E-state index is 11.2. The molecule has 1 aromatic rings. The van der Waals surface area contributed by atoms with Gasteiger partial charge in [-0.1, -0.05) is 17.7 Å². The van der Waals surface area contributed by atoms with Crippen molar-refractivity contribution in [2.24, 2.45) is 5.73 Å². The molecule has 0 aliphatic heterocycles. The van der Waals surface area contributed by atoms with E-state index in [0.29, 0.717) is 10.7 Å². The highest BCUT2D eigenvalue weighted by atomic mass is 35.5. The molecule has 8 heteroatoms. The minimum Gasteiger partial charge on any atom is -0.447 e. The van der Waals surface area contributed by atoms with Crippen LogP contribution in [0.15, 0.2) is 24.3 Å². The number of benzene rings is 1. The van der Waals surface area contributed by atoms with Gasteiger partial charge in [-0.2, -0.15) is 0 Å². The molecule has 0 bridgehead atoms. The van der Waals surface area contributed by atoms with E-state index in [1.54, 1.807) is 38.1 Å². The predicted octanol–water partition coefficient (Wildman–Crippen LogP) is 2.34. The van der Waals surface area contributed by atoms with E-state index in [-0.39, 0.29) is 6.10 Å². The van der Waals surface area contributed by atoms with Crippen LogP contribution in [0.4, 0.5) is 15.3 Å². The maximum Gasteiger partial charge on any atom is 0.411 e. The zero-order valence-electron chi connectivity index (χ0n) is 10.5. The molecule has 0 spiro atoms. The van der Waals surface area contributed by atoms with E-state index in [0.717, 1.165) is 0 Å². The number of nitrogens with two attached hydrogens (primary N) is 1. The minimum absolute atomic E-state index is 0.130. The van der Waals surface area contributed by atoms with Gasteiger partial charge in [-0.15, -0.1) is 0 Å². The fraction of sp³-hybridized carbons (Fsp3) is 0.273. The molecule has 0 saturated carbocycles. The van der Waals surface area contributed by atoms with Gasteiger partial charge in [0.15, 0.2) is 0 Å². The van der Waals surface area contributed by atoms with Crippen LogP contribution in [0.5, 0.6) is 0 Å². The Labute approximate surface area is 115 Å². The lowest BCUT2D eigenvalue weighted by Crippen LogP contribution is -2.25. The highest BCUT2D eigenvalue weighted by Crippen LogP contribution is 2.15. The molecule has 7 nitrogen and oxygen atoms in total. The predicted molar refractivity (Wildman–Crippen MR) is 71.2 cm³/mol. The van der Waals surface area contributed by atoms with Crippen molar-refractivity contribution in [1.82, 2.24) is 5.48 Å². The van der Waals surface area contributed by atoms with Crippen molar-refractivity contribution >= 4 is 29.4 Å². The topological polar surface area (TPSA) is 114 Å². The minimum atomic E-state index is -0.940. The monoisotopic (exact) mass is 289 g/mol. The van der Waals surface area contributed by atoms with Crippen molar-refractivity contribution in [3.8, 4) is 0 Å². The molecule has 1 rings (SSSR count). The fourth-order valence-electron chi connectivity index (χ4n) is 0.928. The quantitative estimate of drug-likeness (QED) is 0.494. The lowest BCUT2D eigenvalue weighted by molar-refractivity contribution is 0.130. The van der Waals surface area contributed by atoms with Crippen LogP contribution < -0.4 is 16.5 Å². The van der Waals surface area contributed by atoms with Crippen LogP contribution in [-0.4, -0.2) is 23.4 Å². The average Bonchev–Trinajstić information content (AvgIpc) is 2.28. The number of amides is 3. The smallest absolute Gasteiger partial charge is 0.411 e. The molecular weight excluding hydrogens is 274 g/mol. The van der Waals surface area contributed by atoms with Gasteiger partial charge < -0.3 is 10.5 Å². The van der Waals surface area contributed by atoms with Crippen LogP contribution in [0, 0.1) is 0 Å². The van der Waals surface area contributed by atoms with Crippen molar-refractivity contribution in [3.05, 3.63) is 29.3 Å². The zero-order valence-corrected chi connectivity index (χ0v) is 11.3. The number of hydrogen-bond acceptors (Lipinski definition) is 4. The second-order valence-corrected chi connectivity index (χ2v) is 4.00. The Morgan fingerprint density at radius 2 is 2.00 bits per heavy atom. The molecule has 0 atom stereocenters. The second kappa shape index (κ2) is 9.01. The number of primary amides is 1. The lowest BCUT2D eigenvalue weighted by Gasteiger charge is -2.09. The normalized spacial score (nSPS) is 9.11. The van der Waals surface area contributed by atoms with E-state index in [1.165, 1.54) is 5.48 Å². The molecule has 106 valence electrons. The van der Waals surface area contributed by atoms with Gasteiger partial charge >= 0.3 is 12.1 Å². The molecule has 0 radical (unpaired) electrons. The van der Waals surface area contributed by atoms with Gasteiger partial charge in [-0.3, -0.25) is 10.5 Å². The summed E-state index contributed by atoms with van der Waals surface area (Å²) in [5.41, 5.74) is 6.09. The van der Waals surface area contributed by atoms with Gasteiger partial charge in [-0.25, -0.2) is 15.1 Å². The molecule has 0 unspecified atom stereocenters. The molecule has 0 aliphatic carbocycles. The number of ether oxygens (including phenoxy) is 1. The Morgan fingerprint density at radius 3 is 2.42 bits per heavy atom. The van der Waals surface area contributed by atoms with Crippen molar-refractivity contribution < 1.29 is 19.5 Å². The molecule has 19 heavy (non-hydrogen) atoms. The first kappa shape index (κ1) is 17.0. The van der Waals surface area contributed by atoms with E-state index in [9.17, 15) is 9.59 Å². The molecular formula is C11H16ClN3O4. The van der Waals surface area contributed by atoms with E-state index < -0.39 is 12.1 Å². The summed E-state index contributed by atoms with van der Waals surface area (Å²) in [5, 5.41) is 10.6. The van der Waals surface area contributed by atoms with Crippen molar-refractivity contribution in [2.75, 3.05) is 5.32 Å². The Balaban J connectivity index is 0.000000555. The molecule has 1 aromatic carbocycles. The number of nitrogens with one attached hydrogen (secondary N) is 2.